The second-order valence-corrected chi connectivity index (χ2v) is 8.05. The summed E-state index contributed by atoms with van der Waals surface area (Å²) in [5.74, 6) is 0.549. The molecule has 33 heavy (non-hydrogen) atoms. The number of pyridine rings is 1. The summed E-state index contributed by atoms with van der Waals surface area (Å²) in [6.07, 6.45) is 2.44. The van der Waals surface area contributed by atoms with E-state index < -0.39 is 6.10 Å². The van der Waals surface area contributed by atoms with E-state index in [9.17, 15) is 9.90 Å². The van der Waals surface area contributed by atoms with E-state index in [1.165, 1.54) is 0 Å². The van der Waals surface area contributed by atoms with Gasteiger partial charge in [0.2, 0.25) is 0 Å². The van der Waals surface area contributed by atoms with E-state index in [0.717, 1.165) is 35.2 Å². The fourth-order valence-electron chi connectivity index (χ4n) is 3.75. The topological polar surface area (TPSA) is 84.6 Å². The maximum Gasteiger partial charge on any atom is 0.340 e. The molecule has 2 aromatic heterocycles. The standard InChI is InChI=1S/C27H28N2O4/c1-19-24-11-10-23(32-18-22(30)17-28-14-12-21-9-5-6-13-29-21)16-26(24)33-27(31)25(19)15-20-7-3-2-4-8-20/h2-11,13,16,22,28,30H,12,14-15,17-18H2,1H3. The van der Waals surface area contributed by atoms with Crippen molar-refractivity contribution < 1.29 is 14.3 Å². The summed E-state index contributed by atoms with van der Waals surface area (Å²) in [5, 5.41) is 14.3. The van der Waals surface area contributed by atoms with Crippen LogP contribution < -0.4 is 15.7 Å². The summed E-state index contributed by atoms with van der Waals surface area (Å²) in [6.45, 7) is 3.22. The van der Waals surface area contributed by atoms with Gasteiger partial charge >= 0.3 is 5.63 Å². The molecule has 1 unspecified atom stereocenters. The van der Waals surface area contributed by atoms with Crippen LogP contribution in [0.5, 0.6) is 5.75 Å². The number of aliphatic hydroxyl groups excluding tert-OH is 1. The first-order valence-corrected chi connectivity index (χ1v) is 11.1. The van der Waals surface area contributed by atoms with Crippen LogP contribution in [0, 0.1) is 6.92 Å². The Balaban J connectivity index is 1.34. The molecule has 0 aliphatic carbocycles. The van der Waals surface area contributed by atoms with Crippen molar-refractivity contribution in [3.05, 3.63) is 106 Å². The second-order valence-electron chi connectivity index (χ2n) is 8.05. The fourth-order valence-corrected chi connectivity index (χ4v) is 3.75. The van der Waals surface area contributed by atoms with Crippen LogP contribution in [0.2, 0.25) is 0 Å². The lowest BCUT2D eigenvalue weighted by molar-refractivity contribution is 0.106. The molecule has 0 saturated heterocycles. The van der Waals surface area contributed by atoms with Crippen molar-refractivity contribution in [1.29, 1.82) is 0 Å². The van der Waals surface area contributed by atoms with Crippen LogP contribution in [0.1, 0.15) is 22.4 Å². The zero-order chi connectivity index (χ0) is 23.0. The number of aromatic nitrogens is 1. The normalized spacial score (nSPS) is 12.1. The zero-order valence-corrected chi connectivity index (χ0v) is 18.7. The van der Waals surface area contributed by atoms with Crippen molar-refractivity contribution in [1.82, 2.24) is 10.3 Å². The van der Waals surface area contributed by atoms with Gasteiger partial charge in [-0.15, -0.1) is 0 Å². The van der Waals surface area contributed by atoms with E-state index in [2.05, 4.69) is 10.3 Å². The lowest BCUT2D eigenvalue weighted by Crippen LogP contribution is -2.32. The SMILES string of the molecule is Cc1c(Cc2ccccc2)c(=O)oc2cc(OCC(O)CNCCc3ccccn3)ccc12. The summed E-state index contributed by atoms with van der Waals surface area (Å²) in [5.41, 5.74) is 3.79. The molecule has 0 bridgehead atoms. The van der Waals surface area contributed by atoms with Gasteiger partial charge in [0.1, 0.15) is 24.0 Å². The van der Waals surface area contributed by atoms with Gasteiger partial charge in [0.25, 0.3) is 0 Å². The van der Waals surface area contributed by atoms with E-state index in [1.807, 2.05) is 67.6 Å². The Labute approximate surface area is 192 Å². The molecule has 1 atom stereocenters. The summed E-state index contributed by atoms with van der Waals surface area (Å²) < 4.78 is 11.3. The van der Waals surface area contributed by atoms with Crippen LogP contribution in [-0.2, 0) is 12.8 Å². The molecule has 2 heterocycles. The first-order chi connectivity index (χ1) is 16.1. The van der Waals surface area contributed by atoms with Crippen LogP contribution in [0.4, 0.5) is 0 Å². The molecular formula is C27H28N2O4. The summed E-state index contributed by atoms with van der Waals surface area (Å²) in [7, 11) is 0. The number of rotatable bonds is 10. The maximum atomic E-state index is 12.6. The van der Waals surface area contributed by atoms with Crippen LogP contribution in [0.25, 0.3) is 11.0 Å². The Morgan fingerprint density at radius 1 is 1.09 bits per heavy atom. The average Bonchev–Trinajstić information content (AvgIpc) is 2.84. The number of aryl methyl sites for hydroxylation is 1. The highest BCUT2D eigenvalue weighted by atomic mass is 16.5. The van der Waals surface area contributed by atoms with Gasteiger partial charge in [-0.25, -0.2) is 4.79 Å². The van der Waals surface area contributed by atoms with E-state index in [1.54, 1.807) is 12.3 Å². The molecule has 2 N–H and O–H groups in total. The highest BCUT2D eigenvalue weighted by Crippen LogP contribution is 2.25. The highest BCUT2D eigenvalue weighted by molar-refractivity contribution is 5.82. The van der Waals surface area contributed by atoms with Gasteiger partial charge in [-0.1, -0.05) is 36.4 Å². The third kappa shape index (κ3) is 6.06. The molecule has 6 heteroatoms. The van der Waals surface area contributed by atoms with Gasteiger partial charge in [-0.05, 0) is 42.3 Å². The first-order valence-electron chi connectivity index (χ1n) is 11.1. The number of hydrogen-bond donors (Lipinski definition) is 2. The third-order valence-corrected chi connectivity index (χ3v) is 5.59. The van der Waals surface area contributed by atoms with Crippen LogP contribution in [0.15, 0.2) is 82.1 Å². The molecule has 6 nitrogen and oxygen atoms in total. The smallest absolute Gasteiger partial charge is 0.340 e. The number of benzene rings is 2. The number of nitrogens with zero attached hydrogens (tertiary/aromatic N) is 1. The number of fused-ring (bicyclic) bond motifs is 1. The summed E-state index contributed by atoms with van der Waals surface area (Å²) in [6, 6.07) is 21.1. The largest absolute Gasteiger partial charge is 0.491 e. The van der Waals surface area contributed by atoms with Crippen LogP contribution in [0.3, 0.4) is 0 Å². The molecule has 4 aromatic rings. The lowest BCUT2D eigenvalue weighted by atomic mass is 10.00. The summed E-state index contributed by atoms with van der Waals surface area (Å²) in [4.78, 5) is 16.9. The van der Waals surface area contributed by atoms with Crippen molar-refractivity contribution in [2.45, 2.75) is 25.9 Å². The Bertz CT molecular complexity index is 1240. The highest BCUT2D eigenvalue weighted by Gasteiger charge is 2.13. The molecule has 2 aromatic carbocycles. The van der Waals surface area contributed by atoms with Gasteiger partial charge in [0.15, 0.2) is 0 Å². The molecule has 0 fully saturated rings. The van der Waals surface area contributed by atoms with Gasteiger partial charge < -0.3 is 19.6 Å². The van der Waals surface area contributed by atoms with E-state index in [-0.39, 0.29) is 12.2 Å². The second kappa shape index (κ2) is 10.9. The van der Waals surface area contributed by atoms with Gasteiger partial charge in [0.05, 0.1) is 0 Å². The van der Waals surface area contributed by atoms with Crippen LogP contribution in [-0.4, -0.2) is 35.9 Å². The van der Waals surface area contributed by atoms with Crippen molar-refractivity contribution in [3.63, 3.8) is 0 Å². The molecule has 0 amide bonds. The maximum absolute atomic E-state index is 12.6. The van der Waals surface area contributed by atoms with Crippen molar-refractivity contribution in [2.75, 3.05) is 19.7 Å². The number of ether oxygens (including phenoxy) is 1. The lowest BCUT2D eigenvalue weighted by Gasteiger charge is -2.14. The van der Waals surface area contributed by atoms with Crippen molar-refractivity contribution >= 4 is 11.0 Å². The predicted octanol–water partition coefficient (Wildman–Crippen LogP) is 3.66. The van der Waals surface area contributed by atoms with Gasteiger partial charge in [0, 0.05) is 54.8 Å². The van der Waals surface area contributed by atoms with Crippen molar-refractivity contribution in [3.8, 4) is 5.75 Å². The third-order valence-electron chi connectivity index (χ3n) is 5.59. The number of aliphatic hydroxyl groups is 1. The molecule has 0 radical (unpaired) electrons. The Kier molecular flexibility index (Phi) is 7.50. The Hall–Kier alpha value is -3.48. The minimum absolute atomic E-state index is 0.136. The van der Waals surface area contributed by atoms with Gasteiger partial charge in [-0.3, -0.25) is 4.98 Å². The van der Waals surface area contributed by atoms with Crippen molar-refractivity contribution in [2.24, 2.45) is 0 Å². The van der Waals surface area contributed by atoms with E-state index in [4.69, 9.17) is 9.15 Å². The molecule has 0 saturated carbocycles. The molecule has 4 rings (SSSR count). The molecule has 0 spiro atoms. The Morgan fingerprint density at radius 3 is 2.70 bits per heavy atom. The monoisotopic (exact) mass is 444 g/mol. The average molecular weight is 445 g/mol. The van der Waals surface area contributed by atoms with E-state index >= 15 is 0 Å². The number of hydrogen-bond acceptors (Lipinski definition) is 6. The molecule has 0 aliphatic heterocycles. The molecular weight excluding hydrogens is 416 g/mol. The quantitative estimate of drug-likeness (QED) is 0.287. The minimum atomic E-state index is -0.661. The zero-order valence-electron chi connectivity index (χ0n) is 18.7. The first kappa shape index (κ1) is 22.7. The Morgan fingerprint density at radius 2 is 1.91 bits per heavy atom. The predicted molar refractivity (Wildman–Crippen MR) is 129 cm³/mol. The van der Waals surface area contributed by atoms with Crippen LogP contribution >= 0.6 is 0 Å². The summed E-state index contributed by atoms with van der Waals surface area (Å²) >= 11 is 0. The molecule has 0 aliphatic rings. The fraction of sp³-hybridized carbons (Fsp3) is 0.259. The van der Waals surface area contributed by atoms with Gasteiger partial charge in [-0.2, -0.15) is 0 Å². The number of nitrogens with one attached hydrogen (secondary N) is 1. The minimum Gasteiger partial charge on any atom is -0.491 e. The molecule has 170 valence electrons. The van der Waals surface area contributed by atoms with E-state index in [0.29, 0.717) is 29.9 Å².